The van der Waals surface area contributed by atoms with Gasteiger partial charge in [0.2, 0.25) is 0 Å². The number of rotatable bonds is 2. The molecule has 88 valence electrons. The maximum atomic E-state index is 12.1. The molecule has 0 saturated heterocycles. The third-order valence-corrected chi connectivity index (χ3v) is 2.36. The first kappa shape index (κ1) is 12.1. The van der Waals surface area contributed by atoms with Crippen LogP contribution in [-0.4, -0.2) is 24.3 Å². The van der Waals surface area contributed by atoms with Crippen LogP contribution in [0.25, 0.3) is 0 Å². The number of urea groups is 1. The van der Waals surface area contributed by atoms with Crippen molar-refractivity contribution >= 4 is 6.03 Å². The second-order valence-electron chi connectivity index (χ2n) is 4.18. The molecule has 1 rings (SSSR count). The molecular weight excluding hydrogens is 209 g/mol. The highest BCUT2D eigenvalue weighted by atomic mass is 19.4. The molecule has 0 aliphatic heterocycles. The monoisotopic (exact) mass is 224 g/mol. The van der Waals surface area contributed by atoms with Crippen LogP contribution in [-0.2, 0) is 0 Å². The molecule has 0 aromatic carbocycles. The Labute approximate surface area is 86.4 Å². The molecule has 0 unspecified atom stereocenters. The van der Waals surface area contributed by atoms with Crippen molar-refractivity contribution in [3.8, 4) is 0 Å². The first-order valence-electron chi connectivity index (χ1n) is 4.92. The van der Waals surface area contributed by atoms with Crippen LogP contribution in [0.5, 0.6) is 0 Å². The summed E-state index contributed by atoms with van der Waals surface area (Å²) in [5, 5.41) is 5.06. The summed E-state index contributed by atoms with van der Waals surface area (Å²) in [6.07, 6.45) is -4.13. The van der Waals surface area contributed by atoms with Crippen molar-refractivity contribution < 1.29 is 18.0 Å². The molecule has 0 aromatic rings. The predicted molar refractivity (Wildman–Crippen MR) is 49.4 cm³/mol. The molecule has 6 heteroatoms. The van der Waals surface area contributed by atoms with Gasteiger partial charge in [-0.3, -0.25) is 0 Å². The second-order valence-corrected chi connectivity index (χ2v) is 4.18. The van der Waals surface area contributed by atoms with Gasteiger partial charge < -0.3 is 10.6 Å². The van der Waals surface area contributed by atoms with E-state index in [-0.39, 0.29) is 24.9 Å². The summed E-state index contributed by atoms with van der Waals surface area (Å²) in [6, 6.07) is -0.741. The summed E-state index contributed by atoms with van der Waals surface area (Å²) < 4.78 is 36.3. The van der Waals surface area contributed by atoms with E-state index in [2.05, 4.69) is 10.6 Å². The van der Waals surface area contributed by atoms with E-state index in [1.54, 1.807) is 13.8 Å². The Hall–Kier alpha value is -0.940. The molecule has 1 aliphatic carbocycles. The Morgan fingerprint density at radius 1 is 1.33 bits per heavy atom. The molecule has 1 aliphatic rings. The van der Waals surface area contributed by atoms with Crippen molar-refractivity contribution in [1.82, 2.24) is 10.6 Å². The second kappa shape index (κ2) is 4.28. The van der Waals surface area contributed by atoms with Gasteiger partial charge in [-0.2, -0.15) is 13.2 Å². The van der Waals surface area contributed by atoms with Gasteiger partial charge in [0.1, 0.15) is 0 Å². The molecule has 15 heavy (non-hydrogen) atoms. The standard InChI is InChI=1S/C9H15F3N2O/c1-5(2)13-8(15)14-7-3-6(4-7)9(10,11)12/h5-7H,3-4H2,1-2H3,(H2,13,14,15). The van der Waals surface area contributed by atoms with Gasteiger partial charge in [0.05, 0.1) is 5.92 Å². The first-order valence-corrected chi connectivity index (χ1v) is 4.92. The predicted octanol–water partition coefficient (Wildman–Crippen LogP) is 2.03. The number of carbonyl (C=O) groups excluding carboxylic acids is 1. The number of alkyl halides is 3. The fraction of sp³-hybridized carbons (Fsp3) is 0.889. The Kier molecular flexibility index (Phi) is 3.46. The van der Waals surface area contributed by atoms with Gasteiger partial charge in [-0.15, -0.1) is 0 Å². The van der Waals surface area contributed by atoms with E-state index < -0.39 is 18.1 Å². The zero-order valence-corrected chi connectivity index (χ0v) is 8.69. The normalized spacial score (nSPS) is 26.0. The lowest BCUT2D eigenvalue weighted by Gasteiger charge is -2.36. The van der Waals surface area contributed by atoms with Crippen LogP contribution in [0.15, 0.2) is 0 Å². The number of halogens is 3. The number of amides is 2. The maximum Gasteiger partial charge on any atom is 0.391 e. The molecule has 0 bridgehead atoms. The Bertz CT molecular complexity index is 234. The van der Waals surface area contributed by atoms with Crippen molar-refractivity contribution in [2.75, 3.05) is 0 Å². The van der Waals surface area contributed by atoms with Gasteiger partial charge in [0.15, 0.2) is 0 Å². The summed E-state index contributed by atoms with van der Waals surface area (Å²) in [7, 11) is 0. The summed E-state index contributed by atoms with van der Waals surface area (Å²) >= 11 is 0. The molecule has 2 N–H and O–H groups in total. The third-order valence-electron chi connectivity index (χ3n) is 2.36. The summed E-state index contributed by atoms with van der Waals surface area (Å²) in [5.41, 5.74) is 0. The van der Waals surface area contributed by atoms with Gasteiger partial charge in [0.25, 0.3) is 0 Å². The highest BCUT2D eigenvalue weighted by Gasteiger charge is 2.48. The van der Waals surface area contributed by atoms with E-state index in [1.807, 2.05) is 0 Å². The van der Waals surface area contributed by atoms with Crippen LogP contribution in [0.1, 0.15) is 26.7 Å². The molecule has 2 amide bonds. The van der Waals surface area contributed by atoms with E-state index in [0.717, 1.165) is 0 Å². The molecule has 1 saturated carbocycles. The lowest BCUT2D eigenvalue weighted by Crippen LogP contribution is -2.52. The van der Waals surface area contributed by atoms with Crippen molar-refractivity contribution in [2.45, 2.75) is 44.9 Å². The number of hydrogen-bond acceptors (Lipinski definition) is 1. The molecule has 0 spiro atoms. The van der Waals surface area contributed by atoms with Crippen LogP contribution in [0.4, 0.5) is 18.0 Å². The topological polar surface area (TPSA) is 41.1 Å². The molecule has 0 atom stereocenters. The largest absolute Gasteiger partial charge is 0.391 e. The van der Waals surface area contributed by atoms with Gasteiger partial charge in [-0.1, -0.05) is 0 Å². The van der Waals surface area contributed by atoms with Gasteiger partial charge in [0, 0.05) is 12.1 Å². The van der Waals surface area contributed by atoms with Gasteiger partial charge in [-0.05, 0) is 26.7 Å². The van der Waals surface area contributed by atoms with E-state index in [1.165, 1.54) is 0 Å². The fourth-order valence-corrected chi connectivity index (χ4v) is 1.49. The molecule has 0 radical (unpaired) electrons. The van der Waals surface area contributed by atoms with Crippen LogP contribution in [0.3, 0.4) is 0 Å². The molecular formula is C9H15F3N2O. The minimum Gasteiger partial charge on any atom is -0.336 e. The average molecular weight is 224 g/mol. The summed E-state index contributed by atoms with van der Waals surface area (Å²) in [6.45, 7) is 3.58. The summed E-state index contributed by atoms with van der Waals surface area (Å²) in [5.74, 6) is -1.25. The van der Waals surface area contributed by atoms with Crippen LogP contribution in [0, 0.1) is 5.92 Å². The lowest BCUT2D eigenvalue weighted by atomic mass is 9.80. The first-order chi connectivity index (χ1) is 6.79. The van der Waals surface area contributed by atoms with Crippen LogP contribution >= 0.6 is 0 Å². The summed E-state index contributed by atoms with van der Waals surface area (Å²) in [4.78, 5) is 11.1. The fourth-order valence-electron chi connectivity index (χ4n) is 1.49. The molecule has 0 aromatic heterocycles. The van der Waals surface area contributed by atoms with Crippen molar-refractivity contribution in [1.29, 1.82) is 0 Å². The smallest absolute Gasteiger partial charge is 0.336 e. The Balaban J connectivity index is 2.20. The molecule has 0 heterocycles. The zero-order chi connectivity index (χ0) is 11.6. The SMILES string of the molecule is CC(C)NC(=O)NC1CC(C(F)(F)F)C1. The van der Waals surface area contributed by atoms with Crippen molar-refractivity contribution in [2.24, 2.45) is 5.92 Å². The lowest BCUT2D eigenvalue weighted by molar-refractivity contribution is -0.198. The molecule has 3 nitrogen and oxygen atoms in total. The van der Waals surface area contributed by atoms with E-state index >= 15 is 0 Å². The number of hydrogen-bond donors (Lipinski definition) is 2. The third kappa shape index (κ3) is 3.60. The number of carbonyl (C=O) groups is 1. The molecule has 1 fully saturated rings. The zero-order valence-electron chi connectivity index (χ0n) is 8.69. The van der Waals surface area contributed by atoms with Crippen molar-refractivity contribution in [3.05, 3.63) is 0 Å². The Morgan fingerprint density at radius 3 is 2.27 bits per heavy atom. The Morgan fingerprint density at radius 2 is 1.87 bits per heavy atom. The van der Waals surface area contributed by atoms with E-state index in [4.69, 9.17) is 0 Å². The minimum atomic E-state index is -4.12. The van der Waals surface area contributed by atoms with Crippen molar-refractivity contribution in [3.63, 3.8) is 0 Å². The van der Waals surface area contributed by atoms with E-state index in [0.29, 0.717) is 0 Å². The van der Waals surface area contributed by atoms with Gasteiger partial charge in [-0.25, -0.2) is 4.79 Å². The minimum absolute atomic E-state index is 0.00495. The average Bonchev–Trinajstić information content (AvgIpc) is 1.91. The van der Waals surface area contributed by atoms with Crippen LogP contribution in [0.2, 0.25) is 0 Å². The number of nitrogens with one attached hydrogen (secondary N) is 2. The van der Waals surface area contributed by atoms with Crippen LogP contribution < -0.4 is 10.6 Å². The quantitative estimate of drug-likeness (QED) is 0.740. The highest BCUT2D eigenvalue weighted by molar-refractivity contribution is 5.74. The highest BCUT2D eigenvalue weighted by Crippen LogP contribution is 2.40. The maximum absolute atomic E-state index is 12.1. The van der Waals surface area contributed by atoms with Gasteiger partial charge >= 0.3 is 12.2 Å². The van der Waals surface area contributed by atoms with E-state index in [9.17, 15) is 18.0 Å².